The first-order valence-electron chi connectivity index (χ1n) is 6.46. The average Bonchev–Trinajstić information content (AvgIpc) is 2.37. The average molecular weight is 306 g/mol. The molecule has 3 N–H and O–H groups in total. The molecule has 0 atom stereocenters. The quantitative estimate of drug-likeness (QED) is 0.895. The molecule has 0 saturated carbocycles. The van der Waals surface area contributed by atoms with Crippen LogP contribution in [0.3, 0.4) is 0 Å². The van der Waals surface area contributed by atoms with Crippen molar-refractivity contribution in [2.75, 3.05) is 4.72 Å². The molecule has 0 aliphatic heterocycles. The molecule has 6 nitrogen and oxygen atoms in total. The first kappa shape index (κ1) is 15.4. The van der Waals surface area contributed by atoms with E-state index < -0.39 is 10.0 Å². The summed E-state index contributed by atoms with van der Waals surface area (Å²) in [5, 5.41) is 0. The molecule has 1 aromatic carbocycles. The van der Waals surface area contributed by atoms with E-state index in [1.54, 1.807) is 39.0 Å². The Morgan fingerprint density at radius 3 is 2.29 bits per heavy atom. The highest BCUT2D eigenvalue weighted by Gasteiger charge is 2.19. The summed E-state index contributed by atoms with van der Waals surface area (Å²) in [6, 6.07) is 6.89. The van der Waals surface area contributed by atoms with Gasteiger partial charge in [-0.2, -0.15) is 0 Å². The van der Waals surface area contributed by atoms with Crippen LogP contribution < -0.4 is 10.5 Å². The highest BCUT2D eigenvalue weighted by atomic mass is 32.2. The van der Waals surface area contributed by atoms with Crippen LogP contribution in [0.5, 0.6) is 0 Å². The smallest absolute Gasteiger partial charge is 0.264 e. The van der Waals surface area contributed by atoms with E-state index in [0.29, 0.717) is 17.0 Å². The molecule has 7 heteroatoms. The number of hydrogen-bond donors (Lipinski definition) is 2. The van der Waals surface area contributed by atoms with Crippen molar-refractivity contribution < 1.29 is 8.42 Å². The summed E-state index contributed by atoms with van der Waals surface area (Å²) in [5.41, 5.74) is 8.36. The molecule has 2 aromatic rings. The molecule has 21 heavy (non-hydrogen) atoms. The second-order valence-corrected chi connectivity index (χ2v) is 6.53. The third kappa shape index (κ3) is 3.56. The number of hydrogen-bond acceptors (Lipinski definition) is 5. The van der Waals surface area contributed by atoms with E-state index in [1.165, 1.54) is 0 Å². The predicted molar refractivity (Wildman–Crippen MR) is 81.4 cm³/mol. The number of aromatic nitrogens is 2. The minimum absolute atomic E-state index is 0.0741. The zero-order valence-corrected chi connectivity index (χ0v) is 13.0. The van der Waals surface area contributed by atoms with E-state index in [4.69, 9.17) is 5.73 Å². The standard InChI is InChI=1S/C14H18N4O2S/c1-9-4-5-12(8-15)7-13(9)21(19,20)18-14-16-10(2)6-11(3)17-14/h4-7H,8,15H2,1-3H3,(H,16,17,18). The highest BCUT2D eigenvalue weighted by molar-refractivity contribution is 7.92. The summed E-state index contributed by atoms with van der Waals surface area (Å²) in [6.45, 7) is 5.58. The predicted octanol–water partition coefficient (Wildman–Crippen LogP) is 1.66. The molecular weight excluding hydrogens is 288 g/mol. The molecule has 2 rings (SSSR count). The first-order chi connectivity index (χ1) is 9.81. The maximum Gasteiger partial charge on any atom is 0.264 e. The van der Waals surface area contributed by atoms with Crippen molar-refractivity contribution >= 4 is 16.0 Å². The van der Waals surface area contributed by atoms with E-state index >= 15 is 0 Å². The normalized spacial score (nSPS) is 11.4. The van der Waals surface area contributed by atoms with Crippen LogP contribution in [0, 0.1) is 20.8 Å². The van der Waals surface area contributed by atoms with Gasteiger partial charge in [0.1, 0.15) is 0 Å². The van der Waals surface area contributed by atoms with E-state index in [1.807, 2.05) is 6.07 Å². The summed E-state index contributed by atoms with van der Waals surface area (Å²) in [4.78, 5) is 8.37. The Kier molecular flexibility index (Phi) is 4.24. The monoisotopic (exact) mass is 306 g/mol. The summed E-state index contributed by atoms with van der Waals surface area (Å²) in [7, 11) is -3.74. The molecule has 0 saturated heterocycles. The number of aryl methyl sites for hydroxylation is 3. The molecule has 0 bridgehead atoms. The van der Waals surface area contributed by atoms with E-state index in [2.05, 4.69) is 14.7 Å². The number of rotatable bonds is 4. The van der Waals surface area contributed by atoms with Crippen LogP contribution >= 0.6 is 0 Å². The van der Waals surface area contributed by atoms with E-state index in [9.17, 15) is 8.42 Å². The van der Waals surface area contributed by atoms with E-state index in [-0.39, 0.29) is 17.4 Å². The number of sulfonamides is 1. The number of benzene rings is 1. The molecule has 0 unspecified atom stereocenters. The van der Waals surface area contributed by atoms with Gasteiger partial charge in [0, 0.05) is 17.9 Å². The minimum atomic E-state index is -3.74. The summed E-state index contributed by atoms with van der Waals surface area (Å²) in [6.07, 6.45) is 0. The molecule has 112 valence electrons. The van der Waals surface area contributed by atoms with Crippen LogP contribution in [-0.2, 0) is 16.6 Å². The van der Waals surface area contributed by atoms with Gasteiger partial charge in [0.25, 0.3) is 10.0 Å². The van der Waals surface area contributed by atoms with Gasteiger partial charge in [-0.1, -0.05) is 12.1 Å². The maximum absolute atomic E-state index is 12.5. The van der Waals surface area contributed by atoms with Crippen molar-refractivity contribution in [3.8, 4) is 0 Å². The van der Waals surface area contributed by atoms with Crippen LogP contribution in [0.2, 0.25) is 0 Å². The van der Waals surface area contributed by atoms with Gasteiger partial charge in [0.15, 0.2) is 0 Å². The zero-order chi connectivity index (χ0) is 15.6. The summed E-state index contributed by atoms with van der Waals surface area (Å²) < 4.78 is 27.4. The lowest BCUT2D eigenvalue weighted by Gasteiger charge is -2.11. The molecule has 0 amide bonds. The van der Waals surface area contributed by atoms with Gasteiger partial charge in [-0.3, -0.25) is 0 Å². The number of nitrogens with two attached hydrogens (primary N) is 1. The lowest BCUT2D eigenvalue weighted by atomic mass is 10.1. The lowest BCUT2D eigenvalue weighted by molar-refractivity contribution is 0.600. The van der Waals surface area contributed by atoms with Crippen LogP contribution in [0.15, 0.2) is 29.2 Å². The van der Waals surface area contributed by atoms with Crippen molar-refractivity contribution in [1.82, 2.24) is 9.97 Å². The number of nitrogens with one attached hydrogen (secondary N) is 1. The summed E-state index contributed by atoms with van der Waals surface area (Å²) in [5.74, 6) is 0.0741. The van der Waals surface area contributed by atoms with Gasteiger partial charge in [0.2, 0.25) is 5.95 Å². The molecule has 1 aromatic heterocycles. The number of anilines is 1. The summed E-state index contributed by atoms with van der Waals surface area (Å²) >= 11 is 0. The van der Waals surface area contributed by atoms with Crippen molar-refractivity contribution in [3.05, 3.63) is 46.8 Å². The zero-order valence-electron chi connectivity index (χ0n) is 12.2. The molecule has 0 spiro atoms. The third-order valence-corrected chi connectivity index (χ3v) is 4.46. The maximum atomic E-state index is 12.5. The second kappa shape index (κ2) is 5.79. The van der Waals surface area contributed by atoms with Crippen molar-refractivity contribution in [2.45, 2.75) is 32.2 Å². The Balaban J connectivity index is 2.42. The molecule has 0 radical (unpaired) electrons. The van der Waals surface area contributed by atoms with Gasteiger partial charge in [-0.15, -0.1) is 0 Å². The fraction of sp³-hybridized carbons (Fsp3) is 0.286. The minimum Gasteiger partial charge on any atom is -0.326 e. The highest BCUT2D eigenvalue weighted by Crippen LogP contribution is 2.19. The number of nitrogens with zero attached hydrogens (tertiary/aromatic N) is 2. The lowest BCUT2D eigenvalue weighted by Crippen LogP contribution is -2.17. The van der Waals surface area contributed by atoms with Crippen molar-refractivity contribution in [3.63, 3.8) is 0 Å². The van der Waals surface area contributed by atoms with Crippen LogP contribution in [0.4, 0.5) is 5.95 Å². The van der Waals surface area contributed by atoms with Crippen molar-refractivity contribution in [2.24, 2.45) is 5.73 Å². The fourth-order valence-corrected chi connectivity index (χ4v) is 3.25. The molecular formula is C14H18N4O2S. The van der Waals surface area contributed by atoms with Crippen molar-refractivity contribution in [1.29, 1.82) is 0 Å². The Morgan fingerprint density at radius 1 is 1.10 bits per heavy atom. The van der Waals surface area contributed by atoms with E-state index in [0.717, 1.165) is 5.56 Å². The largest absolute Gasteiger partial charge is 0.326 e. The topological polar surface area (TPSA) is 98.0 Å². The SMILES string of the molecule is Cc1cc(C)nc(NS(=O)(=O)c2cc(CN)ccc2C)n1. The van der Waals surface area contributed by atoms with Gasteiger partial charge in [-0.05, 0) is 44.0 Å². The van der Waals surface area contributed by atoms with Gasteiger partial charge in [-0.25, -0.2) is 23.1 Å². The van der Waals surface area contributed by atoms with Crippen LogP contribution in [0.25, 0.3) is 0 Å². The van der Waals surface area contributed by atoms with Crippen LogP contribution in [0.1, 0.15) is 22.5 Å². The van der Waals surface area contributed by atoms with Gasteiger partial charge in [0.05, 0.1) is 4.90 Å². The van der Waals surface area contributed by atoms with Crippen LogP contribution in [-0.4, -0.2) is 18.4 Å². The Morgan fingerprint density at radius 2 is 1.71 bits per heavy atom. The molecule has 1 heterocycles. The first-order valence-corrected chi connectivity index (χ1v) is 7.95. The third-order valence-electron chi connectivity index (χ3n) is 2.99. The second-order valence-electron chi connectivity index (χ2n) is 4.88. The Bertz CT molecular complexity index is 752. The molecule has 0 fully saturated rings. The Labute approximate surface area is 124 Å². The molecule has 0 aliphatic carbocycles. The van der Waals surface area contributed by atoms with Gasteiger partial charge < -0.3 is 5.73 Å². The molecule has 0 aliphatic rings. The Hall–Kier alpha value is -1.99. The fourth-order valence-electron chi connectivity index (χ4n) is 2.01. The van der Waals surface area contributed by atoms with Gasteiger partial charge >= 0.3 is 0 Å².